The minimum atomic E-state index is -0.229. The lowest BCUT2D eigenvalue weighted by atomic mass is 9.77. The summed E-state index contributed by atoms with van der Waals surface area (Å²) >= 11 is 0. The molecule has 3 heteroatoms. The van der Waals surface area contributed by atoms with E-state index in [9.17, 15) is 5.11 Å². The highest BCUT2D eigenvalue weighted by molar-refractivity contribution is 5.94. The van der Waals surface area contributed by atoms with E-state index in [4.69, 9.17) is 4.99 Å². The van der Waals surface area contributed by atoms with Crippen LogP contribution in [0, 0.1) is 0 Å². The zero-order valence-corrected chi connectivity index (χ0v) is 17.5. The van der Waals surface area contributed by atoms with E-state index in [1.807, 2.05) is 0 Å². The first-order valence-electron chi connectivity index (χ1n) is 10.8. The largest absolute Gasteiger partial charge is 0.396 e. The standard InChI is InChI=1S/C27H30N2O/c1-27(19-11-12-20-30,23-17-9-4-10-18-23)26-28-24(21-13-5-2-6-14-21)25(29-26)22-15-7-3-8-16-22/h2-10,13-18,24-25,30H,11-12,19-20H2,1H3,(H,28,29)/t24-,25-,27+/m0/s1. The van der Waals surface area contributed by atoms with Crippen molar-refractivity contribution >= 4 is 5.84 Å². The van der Waals surface area contributed by atoms with Crippen LogP contribution in [0.3, 0.4) is 0 Å². The third kappa shape index (κ3) is 4.17. The molecule has 154 valence electrons. The Balaban J connectivity index is 1.75. The average Bonchev–Trinajstić information content (AvgIpc) is 3.27. The number of nitrogens with one attached hydrogen (secondary N) is 1. The number of hydrogen-bond acceptors (Lipinski definition) is 3. The van der Waals surface area contributed by atoms with E-state index in [0.717, 1.165) is 25.1 Å². The van der Waals surface area contributed by atoms with Crippen molar-refractivity contribution in [2.45, 2.75) is 43.7 Å². The van der Waals surface area contributed by atoms with Crippen LogP contribution < -0.4 is 5.32 Å². The molecule has 0 spiro atoms. The highest BCUT2D eigenvalue weighted by Crippen LogP contribution is 2.41. The second-order valence-corrected chi connectivity index (χ2v) is 8.24. The second-order valence-electron chi connectivity index (χ2n) is 8.24. The molecule has 3 nitrogen and oxygen atoms in total. The van der Waals surface area contributed by atoms with Crippen molar-refractivity contribution in [2.75, 3.05) is 6.61 Å². The van der Waals surface area contributed by atoms with Crippen LogP contribution in [0.5, 0.6) is 0 Å². The lowest BCUT2D eigenvalue weighted by Gasteiger charge is -2.31. The normalized spacial score (nSPS) is 20.3. The Morgan fingerprint density at radius 3 is 1.97 bits per heavy atom. The molecule has 2 N–H and O–H groups in total. The fraction of sp³-hybridized carbons (Fsp3) is 0.296. The van der Waals surface area contributed by atoms with Crippen molar-refractivity contribution in [2.24, 2.45) is 4.99 Å². The number of aliphatic hydroxyl groups excluding tert-OH is 1. The van der Waals surface area contributed by atoms with Crippen molar-refractivity contribution in [3.8, 4) is 0 Å². The fourth-order valence-electron chi connectivity index (χ4n) is 4.42. The van der Waals surface area contributed by atoms with Crippen molar-refractivity contribution in [3.05, 3.63) is 108 Å². The molecule has 3 aromatic carbocycles. The van der Waals surface area contributed by atoms with E-state index in [1.54, 1.807) is 0 Å². The van der Waals surface area contributed by atoms with E-state index in [1.165, 1.54) is 16.7 Å². The molecule has 1 heterocycles. The summed E-state index contributed by atoms with van der Waals surface area (Å²) in [5, 5.41) is 13.1. The third-order valence-electron chi connectivity index (χ3n) is 6.19. The molecule has 0 bridgehead atoms. The highest BCUT2D eigenvalue weighted by atomic mass is 16.2. The van der Waals surface area contributed by atoms with Gasteiger partial charge in [-0.3, -0.25) is 4.99 Å². The molecule has 1 aliphatic heterocycles. The van der Waals surface area contributed by atoms with Crippen LogP contribution in [0.25, 0.3) is 0 Å². The van der Waals surface area contributed by atoms with Crippen LogP contribution in [0.4, 0.5) is 0 Å². The predicted octanol–water partition coefficient (Wildman–Crippen LogP) is 5.59. The van der Waals surface area contributed by atoms with Crippen molar-refractivity contribution in [3.63, 3.8) is 0 Å². The summed E-state index contributed by atoms with van der Waals surface area (Å²) in [5.41, 5.74) is 3.50. The summed E-state index contributed by atoms with van der Waals surface area (Å²) in [7, 11) is 0. The van der Waals surface area contributed by atoms with Gasteiger partial charge in [-0.2, -0.15) is 0 Å². The van der Waals surface area contributed by atoms with Crippen LogP contribution in [-0.2, 0) is 5.41 Å². The Morgan fingerprint density at radius 2 is 1.37 bits per heavy atom. The molecule has 0 unspecified atom stereocenters. The molecule has 30 heavy (non-hydrogen) atoms. The molecule has 4 rings (SSSR count). The Morgan fingerprint density at radius 1 is 0.800 bits per heavy atom. The van der Waals surface area contributed by atoms with Crippen LogP contribution in [0.2, 0.25) is 0 Å². The average molecular weight is 399 g/mol. The molecule has 3 aromatic rings. The summed E-state index contributed by atoms with van der Waals surface area (Å²) in [6.45, 7) is 2.50. The van der Waals surface area contributed by atoms with Gasteiger partial charge in [-0.1, -0.05) is 91.0 Å². The van der Waals surface area contributed by atoms with Gasteiger partial charge in [0.15, 0.2) is 0 Å². The number of rotatable bonds is 8. The molecule has 1 aliphatic rings. The number of nitrogens with zero attached hydrogens (tertiary/aromatic N) is 1. The molecule has 3 atom stereocenters. The maximum absolute atomic E-state index is 9.33. The molecular weight excluding hydrogens is 368 g/mol. The summed E-state index contributed by atoms with van der Waals surface area (Å²) in [6.07, 6.45) is 2.70. The van der Waals surface area contributed by atoms with Gasteiger partial charge in [-0.05, 0) is 42.9 Å². The van der Waals surface area contributed by atoms with Crippen molar-refractivity contribution < 1.29 is 5.11 Å². The van der Waals surface area contributed by atoms with Gasteiger partial charge >= 0.3 is 0 Å². The highest BCUT2D eigenvalue weighted by Gasteiger charge is 2.40. The smallest absolute Gasteiger partial charge is 0.108 e. The molecule has 0 aliphatic carbocycles. The van der Waals surface area contributed by atoms with Gasteiger partial charge in [0.25, 0.3) is 0 Å². The van der Waals surface area contributed by atoms with Gasteiger partial charge in [0.05, 0.1) is 6.04 Å². The van der Waals surface area contributed by atoms with Crippen molar-refractivity contribution in [1.82, 2.24) is 5.32 Å². The molecular formula is C27H30N2O. The van der Waals surface area contributed by atoms with Crippen LogP contribution in [0.1, 0.15) is 55.0 Å². The Hall–Kier alpha value is -2.91. The van der Waals surface area contributed by atoms with E-state index in [-0.39, 0.29) is 24.1 Å². The zero-order valence-electron chi connectivity index (χ0n) is 17.5. The molecule has 0 saturated heterocycles. The Bertz CT molecular complexity index is 956. The molecule has 0 radical (unpaired) electrons. The van der Waals surface area contributed by atoms with Gasteiger partial charge in [-0.25, -0.2) is 0 Å². The monoisotopic (exact) mass is 398 g/mol. The van der Waals surface area contributed by atoms with Gasteiger partial charge in [0.1, 0.15) is 11.9 Å². The number of aliphatic imine (C=N–C) groups is 1. The first kappa shape index (κ1) is 20.4. The van der Waals surface area contributed by atoms with E-state index >= 15 is 0 Å². The lowest BCUT2D eigenvalue weighted by molar-refractivity contribution is 0.279. The van der Waals surface area contributed by atoms with Gasteiger partial charge in [0.2, 0.25) is 0 Å². The Kier molecular flexibility index (Phi) is 6.29. The number of benzene rings is 3. The molecule has 0 amide bonds. The second kappa shape index (κ2) is 9.27. The third-order valence-corrected chi connectivity index (χ3v) is 6.19. The van der Waals surface area contributed by atoms with Gasteiger partial charge in [-0.15, -0.1) is 0 Å². The fourth-order valence-corrected chi connectivity index (χ4v) is 4.42. The number of unbranched alkanes of at least 4 members (excludes halogenated alkanes) is 1. The first-order chi connectivity index (χ1) is 14.7. The first-order valence-corrected chi connectivity index (χ1v) is 10.8. The maximum Gasteiger partial charge on any atom is 0.108 e. The maximum atomic E-state index is 9.33. The zero-order chi connectivity index (χ0) is 20.8. The van der Waals surface area contributed by atoms with Crippen LogP contribution in [0.15, 0.2) is 96.0 Å². The summed E-state index contributed by atoms with van der Waals surface area (Å²) in [4.78, 5) is 5.29. The number of aliphatic hydroxyl groups is 1. The SMILES string of the molecule is C[C@](CCCCO)(C1=N[C@@H](c2ccccc2)[C@H](c2ccccc2)N1)c1ccccc1. The molecule has 0 saturated carbocycles. The van der Waals surface area contributed by atoms with Gasteiger partial charge in [0, 0.05) is 12.0 Å². The summed E-state index contributed by atoms with van der Waals surface area (Å²) < 4.78 is 0. The molecule has 0 fully saturated rings. The molecule has 0 aromatic heterocycles. The number of amidine groups is 1. The van der Waals surface area contributed by atoms with E-state index in [2.05, 4.69) is 103 Å². The quantitative estimate of drug-likeness (QED) is 0.486. The summed E-state index contributed by atoms with van der Waals surface area (Å²) in [5.74, 6) is 1.04. The lowest BCUT2D eigenvalue weighted by Crippen LogP contribution is -2.41. The predicted molar refractivity (Wildman–Crippen MR) is 124 cm³/mol. The van der Waals surface area contributed by atoms with E-state index < -0.39 is 0 Å². The minimum absolute atomic E-state index is 0.0319. The van der Waals surface area contributed by atoms with Crippen LogP contribution in [-0.4, -0.2) is 17.5 Å². The minimum Gasteiger partial charge on any atom is -0.396 e. The van der Waals surface area contributed by atoms with E-state index in [0.29, 0.717) is 0 Å². The Labute approximate surface area is 179 Å². The van der Waals surface area contributed by atoms with Crippen LogP contribution >= 0.6 is 0 Å². The number of hydrogen-bond donors (Lipinski definition) is 2. The van der Waals surface area contributed by atoms with Gasteiger partial charge < -0.3 is 10.4 Å². The van der Waals surface area contributed by atoms with Crippen molar-refractivity contribution in [1.29, 1.82) is 0 Å². The summed E-state index contributed by atoms with van der Waals surface area (Å²) in [6, 6.07) is 31.9. The topological polar surface area (TPSA) is 44.6 Å².